The Kier molecular flexibility index (Phi) is 4.37. The fraction of sp³-hybridized carbons (Fsp3) is 0.579. The molecule has 1 aliphatic carbocycles. The summed E-state index contributed by atoms with van der Waals surface area (Å²) in [6.45, 7) is 1.46. The van der Waals surface area contributed by atoms with E-state index in [0.29, 0.717) is 5.92 Å². The fourth-order valence-electron chi connectivity index (χ4n) is 4.17. The van der Waals surface area contributed by atoms with Gasteiger partial charge in [-0.25, -0.2) is 0 Å². The molecule has 2 N–H and O–H groups in total. The van der Waals surface area contributed by atoms with Crippen molar-refractivity contribution in [2.45, 2.75) is 55.9 Å². The van der Waals surface area contributed by atoms with E-state index in [1.54, 1.807) is 0 Å². The first kappa shape index (κ1) is 15.8. The van der Waals surface area contributed by atoms with Crippen molar-refractivity contribution in [3.05, 3.63) is 47.6 Å². The van der Waals surface area contributed by atoms with Gasteiger partial charge in [-0.1, -0.05) is 41.9 Å². The Morgan fingerprint density at radius 1 is 1.08 bits per heavy atom. The quantitative estimate of drug-likeness (QED) is 0.937. The van der Waals surface area contributed by atoms with E-state index in [0.717, 1.165) is 63.5 Å². The van der Waals surface area contributed by atoms with Gasteiger partial charge in [0.15, 0.2) is 5.82 Å². The van der Waals surface area contributed by atoms with Gasteiger partial charge in [-0.2, -0.15) is 4.98 Å². The summed E-state index contributed by atoms with van der Waals surface area (Å²) in [6.07, 6.45) is 6.06. The molecule has 1 aliphatic heterocycles. The molecule has 2 fully saturated rings. The van der Waals surface area contributed by atoms with Crippen LogP contribution in [-0.2, 0) is 10.2 Å². The van der Waals surface area contributed by atoms with E-state index in [1.165, 1.54) is 5.56 Å². The van der Waals surface area contributed by atoms with Gasteiger partial charge in [-0.05, 0) is 37.7 Å². The smallest absolute Gasteiger partial charge is 0.229 e. The van der Waals surface area contributed by atoms with Crippen LogP contribution in [0.15, 0.2) is 34.9 Å². The molecule has 2 aromatic rings. The summed E-state index contributed by atoms with van der Waals surface area (Å²) in [5.74, 6) is 1.88. The predicted octanol–water partition coefficient (Wildman–Crippen LogP) is 3.15. The number of nitrogens with two attached hydrogens (primary N) is 1. The van der Waals surface area contributed by atoms with Crippen molar-refractivity contribution in [2.75, 3.05) is 13.2 Å². The Hall–Kier alpha value is -1.72. The van der Waals surface area contributed by atoms with Crippen LogP contribution < -0.4 is 5.73 Å². The zero-order valence-electron chi connectivity index (χ0n) is 14.0. The second-order valence-electron chi connectivity index (χ2n) is 7.14. The highest BCUT2D eigenvalue weighted by atomic mass is 16.5. The minimum atomic E-state index is -0.196. The van der Waals surface area contributed by atoms with Crippen molar-refractivity contribution >= 4 is 0 Å². The van der Waals surface area contributed by atoms with Crippen molar-refractivity contribution in [3.63, 3.8) is 0 Å². The molecule has 2 atom stereocenters. The Morgan fingerprint density at radius 3 is 2.62 bits per heavy atom. The second kappa shape index (κ2) is 6.65. The molecule has 1 aromatic heterocycles. The normalized spacial score (nSPS) is 27.0. The van der Waals surface area contributed by atoms with Crippen molar-refractivity contribution in [1.82, 2.24) is 10.1 Å². The molecule has 1 saturated heterocycles. The van der Waals surface area contributed by atoms with Crippen LogP contribution in [0.5, 0.6) is 0 Å². The molecular formula is C19H25N3O2. The van der Waals surface area contributed by atoms with Crippen LogP contribution in [0.25, 0.3) is 0 Å². The van der Waals surface area contributed by atoms with E-state index >= 15 is 0 Å². The molecular weight excluding hydrogens is 302 g/mol. The highest BCUT2D eigenvalue weighted by molar-refractivity contribution is 5.33. The van der Waals surface area contributed by atoms with Gasteiger partial charge in [-0.3, -0.25) is 0 Å². The van der Waals surface area contributed by atoms with Crippen molar-refractivity contribution in [1.29, 1.82) is 0 Å². The van der Waals surface area contributed by atoms with E-state index in [-0.39, 0.29) is 11.5 Å². The van der Waals surface area contributed by atoms with Gasteiger partial charge in [0.1, 0.15) is 0 Å². The number of hydrogen-bond donors (Lipinski definition) is 1. The highest BCUT2D eigenvalue weighted by Gasteiger charge is 2.41. The van der Waals surface area contributed by atoms with Gasteiger partial charge in [0, 0.05) is 25.2 Å². The summed E-state index contributed by atoms with van der Waals surface area (Å²) in [4.78, 5) is 4.85. The number of ether oxygens (including phenoxy) is 1. The predicted molar refractivity (Wildman–Crippen MR) is 90.8 cm³/mol. The Bertz CT molecular complexity index is 664. The molecule has 5 heteroatoms. The third kappa shape index (κ3) is 2.87. The first-order valence-corrected chi connectivity index (χ1v) is 9.01. The van der Waals surface area contributed by atoms with Gasteiger partial charge >= 0.3 is 0 Å². The van der Waals surface area contributed by atoms with Gasteiger partial charge < -0.3 is 15.0 Å². The van der Waals surface area contributed by atoms with Crippen LogP contribution in [0.4, 0.5) is 0 Å². The van der Waals surface area contributed by atoms with Crippen LogP contribution in [0.1, 0.15) is 61.7 Å². The summed E-state index contributed by atoms with van der Waals surface area (Å²) in [5.41, 5.74) is 7.18. The summed E-state index contributed by atoms with van der Waals surface area (Å²) >= 11 is 0. The molecule has 1 saturated carbocycles. The Labute approximate surface area is 142 Å². The van der Waals surface area contributed by atoms with E-state index < -0.39 is 0 Å². The monoisotopic (exact) mass is 327 g/mol. The third-order valence-corrected chi connectivity index (χ3v) is 5.61. The zero-order chi connectivity index (χ0) is 16.4. The maximum absolute atomic E-state index is 6.12. The molecule has 128 valence electrons. The summed E-state index contributed by atoms with van der Waals surface area (Å²) < 4.78 is 11.3. The lowest BCUT2D eigenvalue weighted by molar-refractivity contribution is 0.0597. The topological polar surface area (TPSA) is 74.2 Å². The maximum atomic E-state index is 6.12. The van der Waals surface area contributed by atoms with Crippen LogP contribution in [0.3, 0.4) is 0 Å². The lowest BCUT2D eigenvalue weighted by Crippen LogP contribution is -2.36. The number of nitrogens with zero attached hydrogens (tertiary/aromatic N) is 2. The number of aromatic nitrogens is 2. The molecule has 2 aliphatic rings. The average molecular weight is 327 g/mol. The van der Waals surface area contributed by atoms with Gasteiger partial charge in [0.25, 0.3) is 0 Å². The molecule has 1 aromatic carbocycles. The summed E-state index contributed by atoms with van der Waals surface area (Å²) in [6, 6.07) is 10.8. The van der Waals surface area contributed by atoms with Gasteiger partial charge in [0.05, 0.1) is 5.41 Å². The SMILES string of the molecule is N[C@@H]1CCC[C@H](c2nc(C3(c4ccccc4)CCOCC3)no2)C1. The molecule has 4 rings (SSSR count). The third-order valence-electron chi connectivity index (χ3n) is 5.61. The molecule has 0 spiro atoms. The highest BCUT2D eigenvalue weighted by Crippen LogP contribution is 2.41. The molecule has 0 bridgehead atoms. The molecule has 2 heterocycles. The molecule has 5 nitrogen and oxygen atoms in total. The second-order valence-corrected chi connectivity index (χ2v) is 7.14. The van der Waals surface area contributed by atoms with Crippen molar-refractivity contribution in [2.24, 2.45) is 5.73 Å². The molecule has 0 radical (unpaired) electrons. The van der Waals surface area contributed by atoms with Crippen LogP contribution in [0, 0.1) is 0 Å². The minimum absolute atomic E-state index is 0.196. The van der Waals surface area contributed by atoms with Crippen LogP contribution in [-0.4, -0.2) is 29.4 Å². The lowest BCUT2D eigenvalue weighted by Gasteiger charge is -2.34. The van der Waals surface area contributed by atoms with Gasteiger partial charge in [0.2, 0.25) is 5.89 Å². The molecule has 24 heavy (non-hydrogen) atoms. The summed E-state index contributed by atoms with van der Waals surface area (Å²) in [7, 11) is 0. The number of hydrogen-bond acceptors (Lipinski definition) is 5. The van der Waals surface area contributed by atoms with Crippen LogP contribution >= 0.6 is 0 Å². The molecule has 0 unspecified atom stereocenters. The van der Waals surface area contributed by atoms with E-state index in [2.05, 4.69) is 29.4 Å². The number of rotatable bonds is 3. The fourth-order valence-corrected chi connectivity index (χ4v) is 4.17. The lowest BCUT2D eigenvalue weighted by atomic mass is 9.73. The van der Waals surface area contributed by atoms with E-state index in [9.17, 15) is 0 Å². The molecule has 0 amide bonds. The number of benzene rings is 1. The van der Waals surface area contributed by atoms with E-state index in [1.807, 2.05) is 6.07 Å². The first-order chi connectivity index (χ1) is 11.8. The Morgan fingerprint density at radius 2 is 1.88 bits per heavy atom. The standard InChI is InChI=1S/C19H25N3O2/c20-16-8-4-5-14(13-16)17-21-18(22-24-17)19(9-11-23-12-10-19)15-6-2-1-3-7-15/h1-3,6-7,14,16H,4-5,8-13,20H2/t14-,16+/m0/s1. The largest absolute Gasteiger partial charge is 0.381 e. The van der Waals surface area contributed by atoms with Crippen molar-refractivity contribution in [3.8, 4) is 0 Å². The zero-order valence-corrected chi connectivity index (χ0v) is 14.0. The maximum Gasteiger partial charge on any atom is 0.229 e. The first-order valence-electron chi connectivity index (χ1n) is 9.01. The van der Waals surface area contributed by atoms with Crippen LogP contribution in [0.2, 0.25) is 0 Å². The Balaban J connectivity index is 1.67. The van der Waals surface area contributed by atoms with Crippen molar-refractivity contribution < 1.29 is 9.26 Å². The summed E-state index contributed by atoms with van der Waals surface area (Å²) in [5, 5.41) is 4.41. The van der Waals surface area contributed by atoms with E-state index in [4.69, 9.17) is 20.0 Å². The van der Waals surface area contributed by atoms with Gasteiger partial charge in [-0.15, -0.1) is 0 Å². The minimum Gasteiger partial charge on any atom is -0.381 e. The average Bonchev–Trinajstić information content (AvgIpc) is 3.14.